The van der Waals surface area contributed by atoms with Crippen molar-refractivity contribution in [3.05, 3.63) is 12.2 Å². The Bertz CT molecular complexity index is 1160. The van der Waals surface area contributed by atoms with Crippen LogP contribution in [0, 0.1) is 0 Å². The summed E-state index contributed by atoms with van der Waals surface area (Å²) in [6, 6.07) is -0.625. The first-order valence-electron chi connectivity index (χ1n) is 35.5. The molecule has 0 aliphatic carbocycles. The van der Waals surface area contributed by atoms with Crippen molar-refractivity contribution in [2.24, 2.45) is 0 Å². The van der Waals surface area contributed by atoms with Crippen LogP contribution in [0.1, 0.15) is 406 Å². The molecule has 3 N–H and O–H groups in total. The van der Waals surface area contributed by atoms with Gasteiger partial charge in [-0.05, 0) is 32.1 Å². The number of amides is 1. The zero-order valence-corrected chi connectivity index (χ0v) is 52.5. The van der Waals surface area contributed by atoms with Gasteiger partial charge in [-0.15, -0.1) is 0 Å². The molecule has 458 valence electrons. The van der Waals surface area contributed by atoms with Gasteiger partial charge in [0.05, 0.1) is 25.4 Å². The molecule has 6 nitrogen and oxygen atoms in total. The maximum Gasteiger partial charge on any atom is 0.305 e. The predicted molar refractivity (Wildman–Crippen MR) is 338 cm³/mol. The van der Waals surface area contributed by atoms with Crippen LogP contribution in [0.25, 0.3) is 0 Å². The van der Waals surface area contributed by atoms with Crippen molar-refractivity contribution in [1.82, 2.24) is 5.32 Å². The summed E-state index contributed by atoms with van der Waals surface area (Å²) >= 11 is 0. The highest BCUT2D eigenvalue weighted by atomic mass is 16.5. The molecule has 0 aliphatic rings. The largest absolute Gasteiger partial charge is 0.466 e. The fourth-order valence-corrected chi connectivity index (χ4v) is 11.4. The molecule has 0 saturated heterocycles. The minimum atomic E-state index is -0.842. The van der Waals surface area contributed by atoms with Crippen LogP contribution in [0.3, 0.4) is 0 Å². The quantitative estimate of drug-likeness (QED) is 0.0320. The number of allylic oxidation sites excluding steroid dienone is 1. The molecule has 2 atom stereocenters. The molecule has 0 heterocycles. The summed E-state index contributed by atoms with van der Waals surface area (Å²) in [5.41, 5.74) is 0. The molecule has 77 heavy (non-hydrogen) atoms. The van der Waals surface area contributed by atoms with Gasteiger partial charge in [-0.25, -0.2) is 0 Å². The van der Waals surface area contributed by atoms with Gasteiger partial charge in [-0.1, -0.05) is 373 Å². The molecule has 0 aliphatic heterocycles. The average Bonchev–Trinajstić information content (AvgIpc) is 3.43. The van der Waals surface area contributed by atoms with Crippen LogP contribution in [0.2, 0.25) is 0 Å². The number of carbonyl (C=O) groups is 2. The van der Waals surface area contributed by atoms with Gasteiger partial charge in [0, 0.05) is 12.8 Å². The third-order valence-electron chi connectivity index (χ3n) is 16.8. The smallest absolute Gasteiger partial charge is 0.305 e. The summed E-state index contributed by atoms with van der Waals surface area (Å²) in [6.07, 6.45) is 82.9. The number of hydrogen-bond donors (Lipinski definition) is 3. The highest BCUT2D eigenvalue weighted by Gasteiger charge is 2.18. The van der Waals surface area contributed by atoms with Crippen LogP contribution in [0.15, 0.2) is 12.2 Å². The van der Waals surface area contributed by atoms with Crippen molar-refractivity contribution in [2.75, 3.05) is 13.2 Å². The van der Waals surface area contributed by atoms with E-state index in [-0.39, 0.29) is 18.5 Å². The first-order valence-corrected chi connectivity index (χ1v) is 35.5. The highest BCUT2D eigenvalue weighted by molar-refractivity contribution is 5.76. The topological polar surface area (TPSA) is 95.9 Å². The summed E-state index contributed by atoms with van der Waals surface area (Å²) in [5, 5.41) is 23.2. The molecule has 1 amide bonds. The normalized spacial score (nSPS) is 12.5. The number of unbranched alkanes of at least 4 members (excludes halogenated alkanes) is 56. The second kappa shape index (κ2) is 67.1. The summed E-state index contributed by atoms with van der Waals surface area (Å²) in [7, 11) is 0. The lowest BCUT2D eigenvalue weighted by Gasteiger charge is -2.20. The molecule has 0 bridgehead atoms. The van der Waals surface area contributed by atoms with Crippen LogP contribution in [0.5, 0.6) is 0 Å². The van der Waals surface area contributed by atoms with Gasteiger partial charge < -0.3 is 20.3 Å². The van der Waals surface area contributed by atoms with E-state index < -0.39 is 12.1 Å². The first-order chi connectivity index (χ1) is 38.0. The Morgan fingerprint density at radius 2 is 0.597 bits per heavy atom. The van der Waals surface area contributed by atoms with Crippen molar-refractivity contribution in [3.8, 4) is 0 Å². The minimum Gasteiger partial charge on any atom is -0.466 e. The van der Waals surface area contributed by atoms with E-state index in [2.05, 4.69) is 19.2 Å². The van der Waals surface area contributed by atoms with Gasteiger partial charge >= 0.3 is 5.97 Å². The van der Waals surface area contributed by atoms with Gasteiger partial charge in [0.2, 0.25) is 5.91 Å². The van der Waals surface area contributed by atoms with E-state index in [4.69, 9.17) is 4.74 Å². The van der Waals surface area contributed by atoms with E-state index in [9.17, 15) is 19.8 Å². The lowest BCUT2D eigenvalue weighted by molar-refractivity contribution is -0.143. The van der Waals surface area contributed by atoms with E-state index in [1.54, 1.807) is 6.08 Å². The lowest BCUT2D eigenvalue weighted by Crippen LogP contribution is -2.45. The second-order valence-electron chi connectivity index (χ2n) is 24.6. The number of ether oxygens (including phenoxy) is 1. The second-order valence-corrected chi connectivity index (χ2v) is 24.6. The molecule has 0 spiro atoms. The van der Waals surface area contributed by atoms with Gasteiger partial charge in [0.25, 0.3) is 0 Å². The summed E-state index contributed by atoms with van der Waals surface area (Å²) in [5.74, 6) is -0.0389. The average molecular weight is 1090 g/mol. The van der Waals surface area contributed by atoms with E-state index >= 15 is 0 Å². The number of nitrogens with one attached hydrogen (secondary N) is 1. The molecule has 2 unspecified atom stereocenters. The maximum absolute atomic E-state index is 12.5. The zero-order chi connectivity index (χ0) is 55.7. The van der Waals surface area contributed by atoms with E-state index in [1.807, 2.05) is 6.08 Å². The van der Waals surface area contributed by atoms with Gasteiger partial charge in [0.15, 0.2) is 0 Å². The number of aliphatic hydroxyl groups excluding tert-OH is 2. The summed E-state index contributed by atoms with van der Waals surface area (Å²) in [4.78, 5) is 24.6. The molecule has 0 fully saturated rings. The molecule has 0 aromatic rings. The Morgan fingerprint density at radius 1 is 0.351 bits per heavy atom. The van der Waals surface area contributed by atoms with Crippen LogP contribution < -0.4 is 5.32 Å². The molecule has 6 heteroatoms. The molecule has 0 saturated carbocycles. The van der Waals surface area contributed by atoms with Gasteiger partial charge in [0.1, 0.15) is 0 Å². The zero-order valence-electron chi connectivity index (χ0n) is 52.5. The van der Waals surface area contributed by atoms with Crippen molar-refractivity contribution in [1.29, 1.82) is 0 Å². The van der Waals surface area contributed by atoms with Crippen molar-refractivity contribution in [3.63, 3.8) is 0 Å². The minimum absolute atomic E-state index is 0.0216. The van der Waals surface area contributed by atoms with Crippen LogP contribution in [0.4, 0.5) is 0 Å². The monoisotopic (exact) mass is 1090 g/mol. The molecule has 0 aromatic heterocycles. The third-order valence-corrected chi connectivity index (χ3v) is 16.8. The Morgan fingerprint density at radius 3 is 0.883 bits per heavy atom. The molecule has 0 aromatic carbocycles. The van der Waals surface area contributed by atoms with E-state index in [0.717, 1.165) is 38.5 Å². The number of carbonyl (C=O) groups excluding carboxylic acids is 2. The Kier molecular flexibility index (Phi) is 65.9. The van der Waals surface area contributed by atoms with E-state index in [1.165, 1.54) is 340 Å². The molecular formula is C71H139NO5. The Labute approximate surface area is 482 Å². The molecule has 0 radical (unpaired) electrons. The van der Waals surface area contributed by atoms with Gasteiger partial charge in [-0.3, -0.25) is 9.59 Å². The Hall–Kier alpha value is -1.40. The third kappa shape index (κ3) is 63.6. The number of aliphatic hydroxyl groups is 2. The van der Waals surface area contributed by atoms with Crippen molar-refractivity contribution >= 4 is 11.9 Å². The fourth-order valence-electron chi connectivity index (χ4n) is 11.4. The molecular weight excluding hydrogens is 947 g/mol. The predicted octanol–water partition coefficient (Wildman–Crippen LogP) is 22.8. The van der Waals surface area contributed by atoms with E-state index in [0.29, 0.717) is 19.4 Å². The lowest BCUT2D eigenvalue weighted by atomic mass is 10.0. The van der Waals surface area contributed by atoms with Crippen LogP contribution in [-0.4, -0.2) is 47.4 Å². The van der Waals surface area contributed by atoms with Gasteiger partial charge in [-0.2, -0.15) is 0 Å². The first kappa shape index (κ1) is 75.6. The number of esters is 1. The van der Waals surface area contributed by atoms with Crippen LogP contribution >= 0.6 is 0 Å². The maximum atomic E-state index is 12.5. The number of rotatable bonds is 67. The summed E-state index contributed by atoms with van der Waals surface area (Å²) < 4.78 is 5.49. The van der Waals surface area contributed by atoms with Crippen molar-refractivity contribution in [2.45, 2.75) is 418 Å². The fraction of sp³-hybridized carbons (Fsp3) is 0.944. The standard InChI is InChI=1S/C71H139NO5/c1-3-5-7-9-11-13-15-17-18-19-33-36-40-43-47-51-55-59-63-69(74)68(67-73)72-70(75)64-60-56-52-48-44-41-37-34-31-29-27-25-23-21-20-22-24-26-28-30-32-35-38-42-46-50-54-58-62-66-77-71(76)65-61-57-53-49-45-39-16-14-12-10-8-6-4-2/h59,63,68-69,73-74H,3-58,60-62,64-67H2,1-2H3,(H,72,75)/b63-59+. The van der Waals surface area contributed by atoms with Crippen LogP contribution in [-0.2, 0) is 14.3 Å². The Balaban J connectivity index is 3.35. The SMILES string of the molecule is CCCCCCCCCCCCCCCCCC/C=C/C(O)C(CO)NC(=O)CCCCCCCCCCCCCCCCCCCCCCCCCCCCCCCOC(=O)CCCCCCCCCCCCCCC. The highest BCUT2D eigenvalue weighted by Crippen LogP contribution is 2.19. The summed E-state index contributed by atoms with van der Waals surface area (Å²) in [6.45, 7) is 4.95. The molecule has 0 rings (SSSR count). The van der Waals surface area contributed by atoms with Crippen molar-refractivity contribution < 1.29 is 24.5 Å². The number of hydrogen-bond acceptors (Lipinski definition) is 5.